The molecule has 0 saturated carbocycles. The number of rotatable bonds is 6. The fourth-order valence-electron chi connectivity index (χ4n) is 2.47. The van der Waals surface area contributed by atoms with Gasteiger partial charge in [0.15, 0.2) is 11.0 Å². The number of aryl methyl sites for hydroxylation is 1. The number of aromatic nitrogens is 4. The zero-order chi connectivity index (χ0) is 20.3. The first-order valence-electron chi connectivity index (χ1n) is 8.39. The Morgan fingerprint density at radius 2 is 2.11 bits per heavy atom. The molecule has 9 nitrogen and oxygen atoms in total. The van der Waals surface area contributed by atoms with E-state index in [1.165, 1.54) is 23.9 Å². The Labute approximate surface area is 165 Å². The Morgan fingerprint density at radius 1 is 1.32 bits per heavy atom. The van der Waals surface area contributed by atoms with Gasteiger partial charge < -0.3 is 9.88 Å². The van der Waals surface area contributed by atoms with Crippen LogP contribution in [0, 0.1) is 17.0 Å². The number of anilines is 1. The van der Waals surface area contributed by atoms with Crippen molar-refractivity contribution < 1.29 is 9.72 Å². The highest BCUT2D eigenvalue weighted by molar-refractivity contribution is 8.00. The van der Waals surface area contributed by atoms with Gasteiger partial charge in [0, 0.05) is 37.1 Å². The molecular formula is C18H18N6O3S. The SMILES string of the molecule is Cc1ccc([N+](=O)[O-])cc1NC(=O)[C@H](C)Sc1nnc(-c2cccnc2)n1C. The topological polar surface area (TPSA) is 116 Å². The maximum Gasteiger partial charge on any atom is 0.271 e. The molecule has 0 radical (unpaired) electrons. The highest BCUT2D eigenvalue weighted by atomic mass is 32.2. The van der Waals surface area contributed by atoms with Crippen LogP contribution in [0.2, 0.25) is 0 Å². The van der Waals surface area contributed by atoms with E-state index in [9.17, 15) is 14.9 Å². The fourth-order valence-corrected chi connectivity index (χ4v) is 3.28. The Hall–Kier alpha value is -3.27. The molecule has 28 heavy (non-hydrogen) atoms. The number of nitrogens with one attached hydrogen (secondary N) is 1. The van der Waals surface area contributed by atoms with Gasteiger partial charge in [-0.25, -0.2) is 0 Å². The number of nitro groups is 1. The molecule has 1 atom stereocenters. The summed E-state index contributed by atoms with van der Waals surface area (Å²) in [5.41, 5.74) is 1.92. The molecule has 1 N–H and O–H groups in total. The van der Waals surface area contributed by atoms with E-state index in [4.69, 9.17) is 0 Å². The van der Waals surface area contributed by atoms with Crippen LogP contribution >= 0.6 is 11.8 Å². The van der Waals surface area contributed by atoms with Gasteiger partial charge in [0.2, 0.25) is 5.91 Å². The molecule has 3 rings (SSSR count). The normalized spacial score (nSPS) is 11.8. The van der Waals surface area contributed by atoms with Gasteiger partial charge in [0.25, 0.3) is 5.69 Å². The van der Waals surface area contributed by atoms with Crippen molar-refractivity contribution in [1.82, 2.24) is 19.7 Å². The number of amides is 1. The van der Waals surface area contributed by atoms with Crippen molar-refractivity contribution in [2.24, 2.45) is 7.05 Å². The largest absolute Gasteiger partial charge is 0.325 e. The third-order valence-electron chi connectivity index (χ3n) is 4.10. The maximum atomic E-state index is 12.6. The number of non-ortho nitro benzene ring substituents is 1. The van der Waals surface area contributed by atoms with Crippen LogP contribution < -0.4 is 5.32 Å². The maximum absolute atomic E-state index is 12.6. The van der Waals surface area contributed by atoms with E-state index >= 15 is 0 Å². The van der Waals surface area contributed by atoms with Gasteiger partial charge in [-0.05, 0) is 31.5 Å². The van der Waals surface area contributed by atoms with E-state index in [1.54, 1.807) is 36.9 Å². The number of carbonyl (C=O) groups is 1. The van der Waals surface area contributed by atoms with Crippen LogP contribution in [0.5, 0.6) is 0 Å². The molecule has 0 saturated heterocycles. The summed E-state index contributed by atoms with van der Waals surface area (Å²) in [5.74, 6) is 0.372. The number of hydrogen-bond acceptors (Lipinski definition) is 7. The third-order valence-corrected chi connectivity index (χ3v) is 5.23. The summed E-state index contributed by atoms with van der Waals surface area (Å²) < 4.78 is 1.80. The number of hydrogen-bond donors (Lipinski definition) is 1. The van der Waals surface area contributed by atoms with Gasteiger partial charge in [-0.1, -0.05) is 17.8 Å². The Morgan fingerprint density at radius 3 is 2.79 bits per heavy atom. The van der Waals surface area contributed by atoms with Crippen molar-refractivity contribution in [2.45, 2.75) is 24.3 Å². The predicted octanol–water partition coefficient (Wildman–Crippen LogP) is 3.21. The lowest BCUT2D eigenvalue weighted by molar-refractivity contribution is -0.384. The molecule has 144 valence electrons. The Balaban J connectivity index is 1.73. The second-order valence-corrected chi connectivity index (χ2v) is 7.42. The number of thioether (sulfide) groups is 1. The number of benzene rings is 1. The Bertz CT molecular complexity index is 1020. The molecule has 1 aromatic carbocycles. The van der Waals surface area contributed by atoms with E-state index in [0.29, 0.717) is 16.7 Å². The first-order valence-corrected chi connectivity index (χ1v) is 9.27. The van der Waals surface area contributed by atoms with Crippen LogP contribution in [0.25, 0.3) is 11.4 Å². The van der Waals surface area contributed by atoms with Crippen molar-refractivity contribution in [3.63, 3.8) is 0 Å². The fraction of sp³-hybridized carbons (Fsp3) is 0.222. The van der Waals surface area contributed by atoms with Crippen LogP contribution in [0.15, 0.2) is 47.9 Å². The zero-order valence-electron chi connectivity index (χ0n) is 15.5. The summed E-state index contributed by atoms with van der Waals surface area (Å²) in [4.78, 5) is 27.1. The molecule has 0 aliphatic carbocycles. The van der Waals surface area contributed by atoms with Gasteiger partial charge in [-0.3, -0.25) is 19.9 Å². The van der Waals surface area contributed by atoms with Crippen molar-refractivity contribution in [3.8, 4) is 11.4 Å². The minimum Gasteiger partial charge on any atom is -0.325 e. The molecule has 0 spiro atoms. The van der Waals surface area contributed by atoms with Gasteiger partial charge in [0.05, 0.1) is 15.9 Å². The van der Waals surface area contributed by atoms with Crippen LogP contribution in [-0.4, -0.2) is 35.8 Å². The Kier molecular flexibility index (Phi) is 5.69. The average Bonchev–Trinajstić information content (AvgIpc) is 3.04. The second-order valence-electron chi connectivity index (χ2n) is 6.11. The van der Waals surface area contributed by atoms with Crippen molar-refractivity contribution in [1.29, 1.82) is 0 Å². The first kappa shape index (κ1) is 19.5. The highest BCUT2D eigenvalue weighted by Gasteiger charge is 2.21. The molecular weight excluding hydrogens is 380 g/mol. The lowest BCUT2D eigenvalue weighted by Crippen LogP contribution is -2.23. The summed E-state index contributed by atoms with van der Waals surface area (Å²) in [5, 5.41) is 22.1. The molecule has 2 heterocycles. The summed E-state index contributed by atoms with van der Waals surface area (Å²) >= 11 is 1.25. The van der Waals surface area contributed by atoms with Crippen molar-refractivity contribution in [3.05, 3.63) is 58.4 Å². The van der Waals surface area contributed by atoms with Gasteiger partial charge >= 0.3 is 0 Å². The third kappa shape index (κ3) is 4.17. The minimum absolute atomic E-state index is 0.0735. The summed E-state index contributed by atoms with van der Waals surface area (Å²) in [6.45, 7) is 3.52. The van der Waals surface area contributed by atoms with Crippen LogP contribution in [0.3, 0.4) is 0 Å². The molecule has 3 aromatic rings. The standard InChI is InChI=1S/C18H18N6O3S/c1-11-6-7-14(24(26)27)9-15(11)20-17(25)12(2)28-18-22-21-16(23(18)3)13-5-4-8-19-10-13/h4-10,12H,1-3H3,(H,20,25)/t12-/m0/s1. The van der Waals surface area contributed by atoms with Crippen LogP contribution in [-0.2, 0) is 11.8 Å². The average molecular weight is 398 g/mol. The second kappa shape index (κ2) is 8.17. The number of carbonyl (C=O) groups excluding carboxylic acids is 1. The number of nitro benzene ring substituents is 1. The van der Waals surface area contributed by atoms with Crippen LogP contribution in [0.1, 0.15) is 12.5 Å². The number of nitrogens with zero attached hydrogens (tertiary/aromatic N) is 5. The predicted molar refractivity (Wildman–Crippen MR) is 106 cm³/mol. The first-order chi connectivity index (χ1) is 13.4. The zero-order valence-corrected chi connectivity index (χ0v) is 16.3. The lowest BCUT2D eigenvalue weighted by Gasteiger charge is -2.13. The minimum atomic E-state index is -0.493. The molecule has 0 aliphatic rings. The molecule has 0 fully saturated rings. The van der Waals surface area contributed by atoms with Gasteiger partial charge in [-0.2, -0.15) is 0 Å². The van der Waals surface area contributed by atoms with E-state index in [1.807, 2.05) is 19.2 Å². The molecule has 0 aliphatic heterocycles. The summed E-state index contributed by atoms with van der Waals surface area (Å²) in [7, 11) is 1.82. The lowest BCUT2D eigenvalue weighted by atomic mass is 10.2. The molecule has 2 aromatic heterocycles. The quantitative estimate of drug-likeness (QED) is 0.385. The van der Waals surface area contributed by atoms with Gasteiger partial charge in [-0.15, -0.1) is 10.2 Å². The van der Waals surface area contributed by atoms with E-state index in [-0.39, 0.29) is 11.6 Å². The highest BCUT2D eigenvalue weighted by Crippen LogP contribution is 2.27. The molecule has 10 heteroatoms. The number of pyridine rings is 1. The van der Waals surface area contributed by atoms with E-state index in [0.717, 1.165) is 11.1 Å². The smallest absolute Gasteiger partial charge is 0.271 e. The molecule has 0 unspecified atom stereocenters. The molecule has 0 bridgehead atoms. The van der Waals surface area contributed by atoms with E-state index < -0.39 is 10.2 Å². The van der Waals surface area contributed by atoms with Gasteiger partial charge in [0.1, 0.15) is 0 Å². The monoisotopic (exact) mass is 398 g/mol. The molecule has 1 amide bonds. The van der Waals surface area contributed by atoms with Crippen molar-refractivity contribution >= 4 is 29.0 Å². The summed E-state index contributed by atoms with van der Waals surface area (Å²) in [6, 6.07) is 8.06. The van der Waals surface area contributed by atoms with E-state index in [2.05, 4.69) is 20.5 Å². The van der Waals surface area contributed by atoms with Crippen LogP contribution in [0.4, 0.5) is 11.4 Å². The van der Waals surface area contributed by atoms with Crippen molar-refractivity contribution in [2.75, 3.05) is 5.32 Å². The summed E-state index contributed by atoms with van der Waals surface area (Å²) in [6.07, 6.45) is 3.37.